The molecule has 0 aliphatic carbocycles. The second-order valence-corrected chi connectivity index (χ2v) is 6.56. The molecule has 0 atom stereocenters. The first kappa shape index (κ1) is 15.0. The van der Waals surface area contributed by atoms with Crippen LogP contribution in [0, 0.1) is 0 Å². The van der Waals surface area contributed by atoms with E-state index in [-0.39, 0.29) is 16.5 Å². The fourth-order valence-corrected chi connectivity index (χ4v) is 4.48. The summed E-state index contributed by atoms with van der Waals surface area (Å²) in [5.41, 5.74) is 0. The Hall–Kier alpha value is -1.42. The summed E-state index contributed by atoms with van der Waals surface area (Å²) in [5, 5.41) is 4.19. The third kappa shape index (κ3) is 3.37. The quantitative estimate of drug-likeness (QED) is 0.512. The Morgan fingerprint density at radius 1 is 0.400 bits per heavy atom. The van der Waals surface area contributed by atoms with E-state index in [1.807, 2.05) is 0 Å². The van der Waals surface area contributed by atoms with Crippen LogP contribution in [0.2, 0.25) is 0 Å². The van der Waals surface area contributed by atoms with E-state index in [0.29, 0.717) is 0 Å². The molecule has 0 saturated heterocycles. The molecule has 0 heterocycles. The molecule has 2 heteroatoms. The van der Waals surface area contributed by atoms with Crippen LogP contribution in [0.5, 0.6) is 0 Å². The van der Waals surface area contributed by atoms with Crippen LogP contribution < -0.4 is 15.9 Å². The first-order valence-electron chi connectivity index (χ1n) is 6.40. The molecule has 0 N–H and O–H groups in total. The molecular formula is C18H15NiP. The number of benzene rings is 3. The van der Waals surface area contributed by atoms with Gasteiger partial charge in [0.2, 0.25) is 0 Å². The molecule has 20 heavy (non-hydrogen) atoms. The molecule has 0 amide bonds. The van der Waals surface area contributed by atoms with Crippen molar-refractivity contribution in [1.82, 2.24) is 0 Å². The monoisotopic (exact) mass is 320 g/mol. The summed E-state index contributed by atoms with van der Waals surface area (Å²) in [6.07, 6.45) is 0. The summed E-state index contributed by atoms with van der Waals surface area (Å²) in [4.78, 5) is 0. The standard InChI is InChI=1S/C18H15P.Ni/c1-4-10-16(11-5-1)19(17-12-6-2-7-13-17)18-14-8-3-9-15-18;/h1-15H;. The average molecular weight is 321 g/mol. The predicted molar refractivity (Wildman–Crippen MR) is 85.1 cm³/mol. The van der Waals surface area contributed by atoms with Crippen LogP contribution in [0.3, 0.4) is 0 Å². The second-order valence-electron chi connectivity index (χ2n) is 4.34. The normalized spacial score (nSPS) is 10.1. The minimum Gasteiger partial charge on any atom is -0.0622 e. The van der Waals surface area contributed by atoms with E-state index in [1.165, 1.54) is 15.9 Å². The van der Waals surface area contributed by atoms with Crippen molar-refractivity contribution in [2.75, 3.05) is 0 Å². The van der Waals surface area contributed by atoms with Gasteiger partial charge in [0.1, 0.15) is 0 Å². The Kier molecular flexibility index (Phi) is 5.53. The van der Waals surface area contributed by atoms with E-state index in [9.17, 15) is 0 Å². The first-order chi connectivity index (χ1) is 9.45. The largest absolute Gasteiger partial charge is 0.0622 e. The topological polar surface area (TPSA) is 0 Å². The van der Waals surface area contributed by atoms with Crippen molar-refractivity contribution in [2.45, 2.75) is 0 Å². The number of hydrogen-bond donors (Lipinski definition) is 0. The molecule has 0 aliphatic heterocycles. The Morgan fingerprint density at radius 2 is 0.650 bits per heavy atom. The summed E-state index contributed by atoms with van der Waals surface area (Å²) in [6, 6.07) is 32.3. The van der Waals surface area contributed by atoms with E-state index in [2.05, 4.69) is 91.0 Å². The van der Waals surface area contributed by atoms with Gasteiger partial charge in [-0.15, -0.1) is 0 Å². The molecule has 0 aliphatic rings. The zero-order valence-electron chi connectivity index (χ0n) is 10.9. The van der Waals surface area contributed by atoms with Crippen LogP contribution in [0.1, 0.15) is 0 Å². The van der Waals surface area contributed by atoms with E-state index in [4.69, 9.17) is 0 Å². The smallest absolute Gasteiger partial charge is 0 e. The maximum Gasteiger partial charge on any atom is 0 e. The Morgan fingerprint density at radius 3 is 0.900 bits per heavy atom. The molecule has 0 nitrogen and oxygen atoms in total. The number of hydrogen-bond acceptors (Lipinski definition) is 0. The van der Waals surface area contributed by atoms with Crippen LogP contribution in [-0.4, -0.2) is 0 Å². The average Bonchev–Trinajstić information content (AvgIpc) is 2.51. The first-order valence-corrected chi connectivity index (χ1v) is 7.74. The molecule has 0 fully saturated rings. The molecule has 3 aromatic rings. The predicted octanol–water partition coefficient (Wildman–Crippen LogP) is 3.44. The fourth-order valence-electron chi connectivity index (χ4n) is 2.18. The minimum atomic E-state index is -0.446. The second kappa shape index (κ2) is 7.39. The van der Waals surface area contributed by atoms with E-state index >= 15 is 0 Å². The van der Waals surface area contributed by atoms with Crippen LogP contribution in [0.15, 0.2) is 91.0 Å². The van der Waals surface area contributed by atoms with Gasteiger partial charge in [-0.1, -0.05) is 91.0 Å². The van der Waals surface area contributed by atoms with Crippen molar-refractivity contribution in [3.05, 3.63) is 91.0 Å². The number of rotatable bonds is 3. The van der Waals surface area contributed by atoms with E-state index in [1.54, 1.807) is 0 Å². The summed E-state index contributed by atoms with van der Waals surface area (Å²) in [5.74, 6) is 0. The van der Waals surface area contributed by atoms with Crippen LogP contribution in [0.4, 0.5) is 0 Å². The molecule has 0 unspecified atom stereocenters. The SMILES string of the molecule is [Ni].c1ccc(P(c2ccccc2)c2ccccc2)cc1. The Bertz CT molecular complexity index is 529. The van der Waals surface area contributed by atoms with Gasteiger partial charge in [-0.2, -0.15) is 0 Å². The molecular weight excluding hydrogens is 306 g/mol. The molecule has 0 spiro atoms. The molecule has 102 valence electrons. The molecule has 0 radical (unpaired) electrons. The van der Waals surface area contributed by atoms with Crippen molar-refractivity contribution < 1.29 is 16.5 Å². The van der Waals surface area contributed by atoms with Gasteiger partial charge in [-0.3, -0.25) is 0 Å². The minimum absolute atomic E-state index is 0. The van der Waals surface area contributed by atoms with Gasteiger partial charge in [0.25, 0.3) is 0 Å². The van der Waals surface area contributed by atoms with Gasteiger partial charge in [-0.05, 0) is 23.8 Å². The van der Waals surface area contributed by atoms with Crippen molar-refractivity contribution in [3.63, 3.8) is 0 Å². The van der Waals surface area contributed by atoms with E-state index in [0.717, 1.165) is 0 Å². The van der Waals surface area contributed by atoms with Gasteiger partial charge >= 0.3 is 0 Å². The van der Waals surface area contributed by atoms with Gasteiger partial charge < -0.3 is 0 Å². The van der Waals surface area contributed by atoms with Crippen LogP contribution in [0.25, 0.3) is 0 Å². The van der Waals surface area contributed by atoms with Crippen molar-refractivity contribution in [2.24, 2.45) is 0 Å². The summed E-state index contributed by atoms with van der Waals surface area (Å²) >= 11 is 0. The maximum atomic E-state index is 2.23. The summed E-state index contributed by atoms with van der Waals surface area (Å²) in [7, 11) is -0.446. The Balaban J connectivity index is 0.00000147. The van der Waals surface area contributed by atoms with Gasteiger partial charge in [0, 0.05) is 16.5 Å². The van der Waals surface area contributed by atoms with Crippen molar-refractivity contribution in [3.8, 4) is 0 Å². The molecule has 0 saturated carbocycles. The van der Waals surface area contributed by atoms with Crippen LogP contribution in [-0.2, 0) is 16.5 Å². The molecule has 3 rings (SSSR count). The summed E-state index contributed by atoms with van der Waals surface area (Å²) < 4.78 is 0. The Labute approximate surface area is 131 Å². The molecule has 0 aromatic heterocycles. The zero-order valence-corrected chi connectivity index (χ0v) is 12.8. The third-order valence-corrected chi connectivity index (χ3v) is 5.49. The third-order valence-electron chi connectivity index (χ3n) is 3.04. The zero-order chi connectivity index (χ0) is 12.9. The van der Waals surface area contributed by atoms with E-state index < -0.39 is 7.92 Å². The van der Waals surface area contributed by atoms with Crippen molar-refractivity contribution in [1.29, 1.82) is 0 Å². The van der Waals surface area contributed by atoms with Gasteiger partial charge in [-0.25, -0.2) is 0 Å². The fraction of sp³-hybridized carbons (Fsp3) is 0. The maximum absolute atomic E-state index is 2.23. The molecule has 3 aromatic carbocycles. The molecule has 0 bridgehead atoms. The van der Waals surface area contributed by atoms with Gasteiger partial charge in [0.15, 0.2) is 0 Å². The van der Waals surface area contributed by atoms with Gasteiger partial charge in [0.05, 0.1) is 0 Å². The van der Waals surface area contributed by atoms with Crippen LogP contribution >= 0.6 is 7.92 Å². The van der Waals surface area contributed by atoms with Crippen molar-refractivity contribution >= 4 is 23.8 Å². The summed E-state index contributed by atoms with van der Waals surface area (Å²) in [6.45, 7) is 0.